The molecule has 0 spiro atoms. The lowest BCUT2D eigenvalue weighted by Gasteiger charge is -2.09. The van der Waals surface area contributed by atoms with Crippen molar-refractivity contribution in [2.24, 2.45) is 0 Å². The van der Waals surface area contributed by atoms with E-state index < -0.39 is 4.92 Å². The molecule has 1 aliphatic rings. The van der Waals surface area contributed by atoms with Crippen LogP contribution in [0, 0.1) is 10.1 Å². The second-order valence-corrected chi connectivity index (χ2v) is 7.72. The second-order valence-electron chi connectivity index (χ2n) is 6.67. The number of oxazole rings is 1. The van der Waals surface area contributed by atoms with E-state index in [4.69, 9.17) is 4.42 Å². The van der Waals surface area contributed by atoms with Gasteiger partial charge < -0.3 is 15.1 Å². The molecule has 140 valence electrons. The zero-order valence-electron chi connectivity index (χ0n) is 14.7. The number of benzene rings is 2. The molecule has 8 nitrogen and oxygen atoms in total. The van der Waals surface area contributed by atoms with E-state index in [1.807, 2.05) is 25.1 Å². The van der Waals surface area contributed by atoms with E-state index in [9.17, 15) is 14.9 Å². The Morgan fingerprint density at radius 1 is 1.32 bits per heavy atom. The van der Waals surface area contributed by atoms with E-state index >= 15 is 0 Å². The van der Waals surface area contributed by atoms with Crippen LogP contribution in [0.15, 0.2) is 40.8 Å². The molecule has 0 saturated heterocycles. The number of aromatic nitrogens is 1. The number of carbonyl (C=O) groups excluding carboxylic acids is 1. The highest BCUT2D eigenvalue weighted by molar-refractivity contribution is 7.21. The average molecular weight is 394 g/mol. The molecule has 4 aromatic rings. The molecular formula is C19H14N4O4S. The Bertz CT molecular complexity index is 1280. The van der Waals surface area contributed by atoms with Crippen molar-refractivity contribution in [1.82, 2.24) is 10.3 Å². The first kappa shape index (κ1) is 16.7. The summed E-state index contributed by atoms with van der Waals surface area (Å²) in [4.78, 5) is 28.2. The molecule has 2 N–H and O–H groups in total. The highest BCUT2D eigenvalue weighted by atomic mass is 32.1. The first-order valence-electron chi connectivity index (χ1n) is 8.67. The molecule has 2 aromatic carbocycles. The first-order chi connectivity index (χ1) is 13.5. The molecule has 1 amide bonds. The van der Waals surface area contributed by atoms with E-state index in [-0.39, 0.29) is 23.2 Å². The standard InChI is InChI=1S/C19H14N4O4S/c1-9-8-20-15-11-7-10(5-6-14(11)28-17(15)18(24)21-9)19-22-16-12(23(25)26)3-2-4-13(16)27-19/h2-7,9,20H,8H2,1H3,(H,21,24)/t9-/m1/s1. The van der Waals surface area contributed by atoms with Gasteiger partial charge in [-0.2, -0.15) is 0 Å². The third-order valence-electron chi connectivity index (χ3n) is 4.70. The maximum Gasteiger partial charge on any atom is 0.298 e. The summed E-state index contributed by atoms with van der Waals surface area (Å²) in [6.07, 6.45) is 0. The van der Waals surface area contributed by atoms with Crippen LogP contribution in [-0.4, -0.2) is 28.4 Å². The minimum Gasteiger partial charge on any atom is -0.436 e. The van der Waals surface area contributed by atoms with Gasteiger partial charge in [0.2, 0.25) is 5.89 Å². The van der Waals surface area contributed by atoms with Crippen LogP contribution >= 0.6 is 11.3 Å². The van der Waals surface area contributed by atoms with Crippen molar-refractivity contribution >= 4 is 49.8 Å². The molecule has 0 unspecified atom stereocenters. The van der Waals surface area contributed by atoms with Gasteiger partial charge in [0.05, 0.1) is 10.6 Å². The number of nitrogens with one attached hydrogen (secondary N) is 2. The Hall–Kier alpha value is -3.46. The predicted molar refractivity (Wildman–Crippen MR) is 107 cm³/mol. The molecule has 9 heteroatoms. The van der Waals surface area contributed by atoms with Crippen LogP contribution in [0.3, 0.4) is 0 Å². The predicted octanol–water partition coefficient (Wildman–Crippen LogP) is 4.16. The Labute approximate surface area is 162 Å². The summed E-state index contributed by atoms with van der Waals surface area (Å²) < 4.78 is 6.73. The first-order valence-corrected chi connectivity index (χ1v) is 9.48. The van der Waals surface area contributed by atoms with Crippen LogP contribution in [0.25, 0.3) is 32.6 Å². The number of nitrogens with zero attached hydrogens (tertiary/aromatic N) is 2. The smallest absolute Gasteiger partial charge is 0.298 e. The van der Waals surface area contributed by atoms with Crippen LogP contribution in [0.2, 0.25) is 0 Å². The van der Waals surface area contributed by atoms with E-state index in [1.165, 1.54) is 17.4 Å². The van der Waals surface area contributed by atoms with Gasteiger partial charge in [0.15, 0.2) is 11.1 Å². The number of nitro groups is 1. The maximum absolute atomic E-state index is 12.4. The van der Waals surface area contributed by atoms with E-state index in [0.717, 1.165) is 15.8 Å². The molecule has 0 bridgehead atoms. The van der Waals surface area contributed by atoms with Gasteiger partial charge in [0.25, 0.3) is 11.6 Å². The third-order valence-corrected chi connectivity index (χ3v) is 5.87. The number of amides is 1. The summed E-state index contributed by atoms with van der Waals surface area (Å²) >= 11 is 1.42. The fourth-order valence-electron chi connectivity index (χ4n) is 3.37. The van der Waals surface area contributed by atoms with Crippen LogP contribution in [0.5, 0.6) is 0 Å². The average Bonchev–Trinajstić information content (AvgIpc) is 3.23. The van der Waals surface area contributed by atoms with Crippen molar-refractivity contribution in [3.8, 4) is 11.5 Å². The fourth-order valence-corrected chi connectivity index (χ4v) is 4.43. The summed E-state index contributed by atoms with van der Waals surface area (Å²) in [7, 11) is 0. The molecule has 28 heavy (non-hydrogen) atoms. The molecule has 0 saturated carbocycles. The Morgan fingerprint density at radius 2 is 2.18 bits per heavy atom. The third kappa shape index (κ3) is 2.51. The lowest BCUT2D eigenvalue weighted by atomic mass is 10.1. The normalized spacial score (nSPS) is 16.5. The monoisotopic (exact) mass is 394 g/mol. The minimum atomic E-state index is -0.472. The number of thiophene rings is 1. The van der Waals surface area contributed by atoms with Gasteiger partial charge in [-0.05, 0) is 31.2 Å². The van der Waals surface area contributed by atoms with Crippen molar-refractivity contribution in [3.63, 3.8) is 0 Å². The molecule has 5 rings (SSSR count). The van der Waals surface area contributed by atoms with Crippen molar-refractivity contribution in [2.45, 2.75) is 13.0 Å². The minimum absolute atomic E-state index is 0.0305. The molecule has 0 aliphatic carbocycles. The van der Waals surface area contributed by atoms with Crippen LogP contribution < -0.4 is 10.6 Å². The van der Waals surface area contributed by atoms with Crippen molar-refractivity contribution in [1.29, 1.82) is 0 Å². The van der Waals surface area contributed by atoms with Gasteiger partial charge >= 0.3 is 0 Å². The summed E-state index contributed by atoms with van der Waals surface area (Å²) in [5.41, 5.74) is 1.98. The molecule has 1 atom stereocenters. The lowest BCUT2D eigenvalue weighted by molar-refractivity contribution is -0.383. The van der Waals surface area contributed by atoms with Crippen molar-refractivity contribution in [3.05, 3.63) is 51.4 Å². The number of hydrogen-bond acceptors (Lipinski definition) is 7. The van der Waals surface area contributed by atoms with Gasteiger partial charge in [-0.25, -0.2) is 4.98 Å². The van der Waals surface area contributed by atoms with E-state index in [2.05, 4.69) is 15.6 Å². The van der Waals surface area contributed by atoms with Crippen LogP contribution in [0.1, 0.15) is 16.6 Å². The Kier molecular flexibility index (Phi) is 3.59. The van der Waals surface area contributed by atoms with Gasteiger partial charge in [0, 0.05) is 34.3 Å². The molecule has 2 aromatic heterocycles. The summed E-state index contributed by atoms with van der Waals surface area (Å²) in [6.45, 7) is 2.57. The number of fused-ring (bicyclic) bond motifs is 4. The maximum atomic E-state index is 12.4. The van der Waals surface area contributed by atoms with Crippen LogP contribution in [-0.2, 0) is 0 Å². The van der Waals surface area contributed by atoms with Crippen molar-refractivity contribution in [2.75, 3.05) is 11.9 Å². The fraction of sp³-hybridized carbons (Fsp3) is 0.158. The Morgan fingerprint density at radius 3 is 3.00 bits per heavy atom. The Balaban J connectivity index is 1.66. The number of nitro benzene ring substituents is 1. The zero-order valence-corrected chi connectivity index (χ0v) is 15.5. The summed E-state index contributed by atoms with van der Waals surface area (Å²) in [5.74, 6) is 0.213. The van der Waals surface area contributed by atoms with Gasteiger partial charge in [-0.15, -0.1) is 11.3 Å². The largest absolute Gasteiger partial charge is 0.436 e. The summed E-state index contributed by atoms with van der Waals surface area (Å²) in [5, 5.41) is 18.4. The lowest BCUT2D eigenvalue weighted by Crippen LogP contribution is -2.34. The van der Waals surface area contributed by atoms with Crippen molar-refractivity contribution < 1.29 is 14.1 Å². The molecule has 1 aliphatic heterocycles. The van der Waals surface area contributed by atoms with Gasteiger partial charge in [-0.1, -0.05) is 6.07 Å². The number of para-hydroxylation sites is 1. The molecule has 0 fully saturated rings. The van der Waals surface area contributed by atoms with Crippen LogP contribution in [0.4, 0.5) is 11.4 Å². The van der Waals surface area contributed by atoms with E-state index in [0.29, 0.717) is 28.5 Å². The SMILES string of the molecule is C[C@@H]1CNc2c(sc3ccc(-c4nc5c([N+](=O)[O-])cccc5o4)cc23)C(=O)N1. The van der Waals surface area contributed by atoms with E-state index in [1.54, 1.807) is 12.1 Å². The summed E-state index contributed by atoms with van der Waals surface area (Å²) in [6, 6.07) is 10.3. The molecule has 0 radical (unpaired) electrons. The number of anilines is 1. The number of rotatable bonds is 2. The zero-order chi connectivity index (χ0) is 19.4. The van der Waals surface area contributed by atoms with Gasteiger partial charge in [0.1, 0.15) is 4.88 Å². The highest BCUT2D eigenvalue weighted by Gasteiger charge is 2.24. The highest BCUT2D eigenvalue weighted by Crippen LogP contribution is 2.39. The molecular weight excluding hydrogens is 380 g/mol. The number of carbonyl (C=O) groups is 1. The van der Waals surface area contributed by atoms with Gasteiger partial charge in [-0.3, -0.25) is 14.9 Å². The topological polar surface area (TPSA) is 110 Å². The number of hydrogen-bond donors (Lipinski definition) is 2. The number of non-ortho nitro benzene ring substituents is 1. The quantitative estimate of drug-likeness (QED) is 0.390. The second kappa shape index (κ2) is 6.03. The molecule has 3 heterocycles.